The van der Waals surface area contributed by atoms with Gasteiger partial charge in [0, 0.05) is 10.8 Å². The minimum Gasteiger partial charge on any atom is -0.492 e. The number of hydrogen-bond acceptors (Lipinski definition) is 3. The Bertz CT molecular complexity index is 454. The molecule has 1 aromatic rings. The van der Waals surface area contributed by atoms with Gasteiger partial charge < -0.3 is 4.74 Å². The van der Waals surface area contributed by atoms with Crippen LogP contribution in [0.3, 0.4) is 0 Å². The second-order valence-electron chi connectivity index (χ2n) is 3.49. The summed E-state index contributed by atoms with van der Waals surface area (Å²) in [7, 11) is -2.97. The van der Waals surface area contributed by atoms with Crippen molar-refractivity contribution >= 4 is 21.4 Å². The van der Waals surface area contributed by atoms with E-state index in [2.05, 4.69) is 0 Å². The molecule has 90 valence electrons. The first-order chi connectivity index (χ1) is 7.44. The van der Waals surface area contributed by atoms with E-state index in [1.165, 1.54) is 0 Å². The maximum Gasteiger partial charge on any atom is 0.153 e. The summed E-state index contributed by atoms with van der Waals surface area (Å²) in [5.41, 5.74) is 0.943. The Labute approximate surface area is 101 Å². The summed E-state index contributed by atoms with van der Waals surface area (Å²) in [6, 6.07) is 5.30. The van der Waals surface area contributed by atoms with E-state index in [9.17, 15) is 8.42 Å². The molecule has 0 aliphatic heterocycles. The third-order valence-corrected chi connectivity index (χ3v) is 4.15. The molecule has 0 bridgehead atoms. The highest BCUT2D eigenvalue weighted by atomic mass is 35.5. The van der Waals surface area contributed by atoms with Gasteiger partial charge in [0.25, 0.3) is 0 Å². The van der Waals surface area contributed by atoms with Crippen molar-refractivity contribution in [2.24, 2.45) is 0 Å². The van der Waals surface area contributed by atoms with Crippen LogP contribution < -0.4 is 4.74 Å². The summed E-state index contributed by atoms with van der Waals surface area (Å²) in [4.78, 5) is 0. The van der Waals surface area contributed by atoms with Crippen molar-refractivity contribution in [2.75, 3.05) is 18.1 Å². The Morgan fingerprint density at radius 2 is 2.06 bits per heavy atom. The van der Waals surface area contributed by atoms with Gasteiger partial charge in [0.2, 0.25) is 0 Å². The lowest BCUT2D eigenvalue weighted by Crippen LogP contribution is -2.15. The number of hydrogen-bond donors (Lipinski definition) is 0. The zero-order valence-corrected chi connectivity index (χ0v) is 10.9. The van der Waals surface area contributed by atoms with Crippen molar-refractivity contribution in [3.05, 3.63) is 28.8 Å². The standard InChI is InChI=1S/C11H15ClO3S/c1-3-16(13,14)7-6-15-11-8-10(12)5-4-9(11)2/h4-5,8H,3,6-7H2,1-2H3. The monoisotopic (exact) mass is 262 g/mol. The summed E-state index contributed by atoms with van der Waals surface area (Å²) < 4.78 is 27.9. The van der Waals surface area contributed by atoms with Crippen LogP contribution in [-0.4, -0.2) is 26.5 Å². The lowest BCUT2D eigenvalue weighted by molar-refractivity contribution is 0.338. The lowest BCUT2D eigenvalue weighted by Gasteiger charge is -2.09. The normalized spacial score (nSPS) is 11.4. The molecule has 1 rings (SSSR count). The Morgan fingerprint density at radius 1 is 1.38 bits per heavy atom. The van der Waals surface area contributed by atoms with Gasteiger partial charge in [-0.25, -0.2) is 8.42 Å². The summed E-state index contributed by atoms with van der Waals surface area (Å²) in [5.74, 6) is 0.819. The summed E-state index contributed by atoms with van der Waals surface area (Å²) in [5, 5.41) is 0.582. The van der Waals surface area contributed by atoms with Gasteiger partial charge in [-0.2, -0.15) is 0 Å². The molecule has 0 aromatic heterocycles. The largest absolute Gasteiger partial charge is 0.492 e. The first-order valence-corrected chi connectivity index (χ1v) is 7.24. The van der Waals surface area contributed by atoms with Crippen LogP contribution in [0.1, 0.15) is 12.5 Å². The van der Waals surface area contributed by atoms with Gasteiger partial charge in [-0.1, -0.05) is 24.6 Å². The van der Waals surface area contributed by atoms with Crippen LogP contribution in [0.2, 0.25) is 5.02 Å². The molecule has 16 heavy (non-hydrogen) atoms. The first kappa shape index (κ1) is 13.3. The fraction of sp³-hybridized carbons (Fsp3) is 0.455. The van der Waals surface area contributed by atoms with E-state index in [1.807, 2.05) is 13.0 Å². The third-order valence-electron chi connectivity index (χ3n) is 2.24. The van der Waals surface area contributed by atoms with Crippen molar-refractivity contribution in [1.29, 1.82) is 0 Å². The van der Waals surface area contributed by atoms with Crippen molar-refractivity contribution in [3.63, 3.8) is 0 Å². The molecule has 0 spiro atoms. The Balaban J connectivity index is 2.59. The van der Waals surface area contributed by atoms with Gasteiger partial charge in [0.05, 0.1) is 5.75 Å². The Kier molecular flexibility index (Phi) is 4.62. The van der Waals surface area contributed by atoms with E-state index < -0.39 is 9.84 Å². The Morgan fingerprint density at radius 3 is 2.69 bits per heavy atom. The van der Waals surface area contributed by atoms with Crippen molar-refractivity contribution in [3.8, 4) is 5.75 Å². The summed E-state index contributed by atoms with van der Waals surface area (Å²) in [6.07, 6.45) is 0. The van der Waals surface area contributed by atoms with Gasteiger partial charge >= 0.3 is 0 Å². The molecule has 0 saturated heterocycles. The first-order valence-electron chi connectivity index (χ1n) is 5.04. The summed E-state index contributed by atoms with van der Waals surface area (Å²) in [6.45, 7) is 3.68. The molecule has 0 atom stereocenters. The highest BCUT2D eigenvalue weighted by Crippen LogP contribution is 2.22. The summed E-state index contributed by atoms with van der Waals surface area (Å²) >= 11 is 5.81. The molecule has 3 nitrogen and oxygen atoms in total. The number of sulfone groups is 1. The number of ether oxygens (including phenoxy) is 1. The van der Waals surface area contributed by atoms with Crippen LogP contribution in [0.15, 0.2) is 18.2 Å². The fourth-order valence-electron chi connectivity index (χ4n) is 1.15. The van der Waals surface area contributed by atoms with Gasteiger partial charge in [-0.3, -0.25) is 0 Å². The van der Waals surface area contributed by atoms with E-state index in [0.717, 1.165) is 5.56 Å². The fourth-order valence-corrected chi connectivity index (χ4v) is 1.94. The van der Waals surface area contributed by atoms with Crippen molar-refractivity contribution in [2.45, 2.75) is 13.8 Å². The predicted octanol–water partition coefficient (Wildman–Crippen LogP) is 2.46. The molecule has 0 N–H and O–H groups in total. The predicted molar refractivity (Wildman–Crippen MR) is 66.0 cm³/mol. The molecule has 1 aromatic carbocycles. The molecular weight excluding hydrogens is 248 g/mol. The Hall–Kier alpha value is -0.740. The van der Waals surface area contributed by atoms with E-state index in [0.29, 0.717) is 10.8 Å². The van der Waals surface area contributed by atoms with E-state index in [-0.39, 0.29) is 18.1 Å². The zero-order valence-electron chi connectivity index (χ0n) is 9.36. The van der Waals surface area contributed by atoms with Gasteiger partial charge in [0.15, 0.2) is 9.84 Å². The van der Waals surface area contributed by atoms with Crippen LogP contribution in [0.4, 0.5) is 0 Å². The zero-order chi connectivity index (χ0) is 12.2. The molecule has 0 saturated carbocycles. The highest BCUT2D eigenvalue weighted by Gasteiger charge is 2.08. The van der Waals surface area contributed by atoms with E-state index >= 15 is 0 Å². The maximum atomic E-state index is 11.2. The molecule has 0 aliphatic rings. The van der Waals surface area contributed by atoms with Crippen LogP contribution in [0.25, 0.3) is 0 Å². The SMILES string of the molecule is CCS(=O)(=O)CCOc1cc(Cl)ccc1C. The smallest absolute Gasteiger partial charge is 0.153 e. The quantitative estimate of drug-likeness (QED) is 0.819. The minimum absolute atomic E-state index is 0.0372. The van der Waals surface area contributed by atoms with Gasteiger partial charge in [-0.15, -0.1) is 0 Å². The average molecular weight is 263 g/mol. The topological polar surface area (TPSA) is 43.4 Å². The molecule has 5 heteroatoms. The number of halogens is 1. The second-order valence-corrected chi connectivity index (χ2v) is 6.40. The van der Waals surface area contributed by atoms with E-state index in [1.54, 1.807) is 19.1 Å². The van der Waals surface area contributed by atoms with Crippen LogP contribution in [-0.2, 0) is 9.84 Å². The van der Waals surface area contributed by atoms with Crippen LogP contribution in [0, 0.1) is 6.92 Å². The number of rotatable bonds is 5. The van der Waals surface area contributed by atoms with Crippen molar-refractivity contribution in [1.82, 2.24) is 0 Å². The molecular formula is C11H15ClO3S. The second kappa shape index (κ2) is 5.55. The van der Waals surface area contributed by atoms with Gasteiger partial charge in [-0.05, 0) is 24.6 Å². The molecule has 0 amide bonds. The average Bonchev–Trinajstić information content (AvgIpc) is 2.23. The molecule has 0 heterocycles. The van der Waals surface area contributed by atoms with Crippen LogP contribution >= 0.6 is 11.6 Å². The molecule has 0 fully saturated rings. The highest BCUT2D eigenvalue weighted by molar-refractivity contribution is 7.91. The number of benzene rings is 1. The number of aryl methyl sites for hydroxylation is 1. The minimum atomic E-state index is -2.97. The molecule has 0 unspecified atom stereocenters. The third kappa shape index (κ3) is 4.02. The molecule has 0 radical (unpaired) electrons. The maximum absolute atomic E-state index is 11.2. The van der Waals surface area contributed by atoms with Crippen molar-refractivity contribution < 1.29 is 13.2 Å². The van der Waals surface area contributed by atoms with Crippen LogP contribution in [0.5, 0.6) is 5.75 Å². The lowest BCUT2D eigenvalue weighted by atomic mass is 10.2. The van der Waals surface area contributed by atoms with Gasteiger partial charge in [0.1, 0.15) is 12.4 Å². The molecule has 0 aliphatic carbocycles. The van der Waals surface area contributed by atoms with E-state index in [4.69, 9.17) is 16.3 Å².